The SMILES string of the molecule is C=CCN(CCO)C(=O)N[C@@H](CCO)C(=O)O. The number of hydrogen-bond donors (Lipinski definition) is 4. The van der Waals surface area contributed by atoms with Crippen molar-refractivity contribution >= 4 is 12.0 Å². The average molecular weight is 246 g/mol. The van der Waals surface area contributed by atoms with Gasteiger partial charge in [-0.05, 0) is 0 Å². The number of hydrogen-bond acceptors (Lipinski definition) is 4. The first-order valence-corrected chi connectivity index (χ1v) is 5.17. The Morgan fingerprint density at radius 1 is 1.35 bits per heavy atom. The van der Waals surface area contributed by atoms with E-state index in [9.17, 15) is 9.59 Å². The predicted molar refractivity (Wildman–Crippen MR) is 60.5 cm³/mol. The molecule has 0 unspecified atom stereocenters. The number of aliphatic hydroxyl groups is 2. The highest BCUT2D eigenvalue weighted by Crippen LogP contribution is 1.96. The van der Waals surface area contributed by atoms with E-state index in [0.29, 0.717) is 0 Å². The molecule has 0 saturated carbocycles. The zero-order valence-corrected chi connectivity index (χ0v) is 9.50. The lowest BCUT2D eigenvalue weighted by atomic mass is 10.2. The summed E-state index contributed by atoms with van der Waals surface area (Å²) < 4.78 is 0. The molecule has 98 valence electrons. The van der Waals surface area contributed by atoms with Crippen LogP contribution in [0, 0.1) is 0 Å². The lowest BCUT2D eigenvalue weighted by Crippen LogP contribution is -2.49. The van der Waals surface area contributed by atoms with Crippen LogP contribution in [0.5, 0.6) is 0 Å². The maximum Gasteiger partial charge on any atom is 0.326 e. The van der Waals surface area contributed by atoms with Crippen molar-refractivity contribution < 1.29 is 24.9 Å². The molecule has 0 spiro atoms. The zero-order chi connectivity index (χ0) is 13.3. The number of carbonyl (C=O) groups excluding carboxylic acids is 1. The van der Waals surface area contributed by atoms with Crippen molar-refractivity contribution in [2.24, 2.45) is 0 Å². The lowest BCUT2D eigenvalue weighted by molar-refractivity contribution is -0.139. The number of aliphatic hydroxyl groups excluding tert-OH is 2. The summed E-state index contributed by atoms with van der Waals surface area (Å²) in [5.41, 5.74) is 0. The molecule has 0 rings (SSSR count). The fraction of sp³-hybridized carbons (Fsp3) is 0.600. The third-order valence-corrected chi connectivity index (χ3v) is 2.02. The first kappa shape index (κ1) is 15.4. The standard InChI is InChI=1S/C10H18N2O5/c1-2-4-12(5-7-14)10(17)11-8(3-6-13)9(15)16/h2,8,13-14H,1,3-7H2,(H,11,17)(H,15,16)/t8-/m0/s1. The van der Waals surface area contributed by atoms with E-state index >= 15 is 0 Å². The van der Waals surface area contributed by atoms with Crippen molar-refractivity contribution in [2.45, 2.75) is 12.5 Å². The summed E-state index contributed by atoms with van der Waals surface area (Å²) in [5, 5.41) is 28.4. The van der Waals surface area contributed by atoms with Gasteiger partial charge in [-0.25, -0.2) is 9.59 Å². The Balaban J connectivity index is 4.43. The summed E-state index contributed by atoms with van der Waals surface area (Å²) in [5.74, 6) is -1.21. The second-order valence-corrected chi connectivity index (χ2v) is 3.31. The highest BCUT2D eigenvalue weighted by Gasteiger charge is 2.21. The third kappa shape index (κ3) is 5.88. The highest BCUT2D eigenvalue weighted by molar-refractivity contribution is 5.82. The van der Waals surface area contributed by atoms with Crippen molar-refractivity contribution in [1.29, 1.82) is 0 Å². The maximum atomic E-state index is 11.6. The van der Waals surface area contributed by atoms with E-state index in [1.165, 1.54) is 11.0 Å². The molecule has 0 aromatic rings. The van der Waals surface area contributed by atoms with Crippen LogP contribution in [0.25, 0.3) is 0 Å². The first-order chi connectivity index (χ1) is 8.06. The number of carboxylic acids is 1. The minimum absolute atomic E-state index is 0.0673. The molecule has 2 amide bonds. The Bertz CT molecular complexity index is 269. The predicted octanol–water partition coefficient (Wildman–Crippen LogP) is -0.988. The number of carbonyl (C=O) groups is 2. The molecule has 0 aromatic heterocycles. The molecule has 17 heavy (non-hydrogen) atoms. The zero-order valence-electron chi connectivity index (χ0n) is 9.50. The van der Waals surface area contributed by atoms with E-state index in [0.717, 1.165) is 0 Å². The van der Waals surface area contributed by atoms with Gasteiger partial charge < -0.3 is 25.5 Å². The van der Waals surface area contributed by atoms with Gasteiger partial charge in [0.2, 0.25) is 0 Å². The van der Waals surface area contributed by atoms with E-state index < -0.39 is 18.0 Å². The topological polar surface area (TPSA) is 110 Å². The van der Waals surface area contributed by atoms with Crippen molar-refractivity contribution in [3.05, 3.63) is 12.7 Å². The normalized spacial score (nSPS) is 11.6. The number of nitrogens with one attached hydrogen (secondary N) is 1. The van der Waals surface area contributed by atoms with Crippen LogP contribution in [0.2, 0.25) is 0 Å². The van der Waals surface area contributed by atoms with Gasteiger partial charge in [-0.3, -0.25) is 0 Å². The molecule has 7 nitrogen and oxygen atoms in total. The molecule has 1 atom stereocenters. The summed E-state index contributed by atoms with van der Waals surface area (Å²) in [4.78, 5) is 23.6. The Hall–Kier alpha value is -1.60. The van der Waals surface area contributed by atoms with Gasteiger partial charge in [0.05, 0.1) is 6.61 Å². The summed E-state index contributed by atoms with van der Waals surface area (Å²) in [6.07, 6.45) is 1.40. The Labute approximate surface area is 99.3 Å². The number of carboxylic acid groups (broad SMARTS) is 1. The largest absolute Gasteiger partial charge is 0.480 e. The number of nitrogens with zero attached hydrogens (tertiary/aromatic N) is 1. The molecule has 0 heterocycles. The minimum Gasteiger partial charge on any atom is -0.480 e. The highest BCUT2D eigenvalue weighted by atomic mass is 16.4. The van der Waals surface area contributed by atoms with Gasteiger partial charge >= 0.3 is 12.0 Å². The Morgan fingerprint density at radius 2 is 2.00 bits per heavy atom. The third-order valence-electron chi connectivity index (χ3n) is 2.02. The smallest absolute Gasteiger partial charge is 0.326 e. The second-order valence-electron chi connectivity index (χ2n) is 3.31. The molecule has 4 N–H and O–H groups in total. The lowest BCUT2D eigenvalue weighted by Gasteiger charge is -2.23. The molecular weight excluding hydrogens is 228 g/mol. The van der Waals surface area contributed by atoms with Crippen LogP contribution in [-0.4, -0.2) is 64.6 Å². The molecule has 0 bridgehead atoms. The monoisotopic (exact) mass is 246 g/mol. The molecule has 0 radical (unpaired) electrons. The maximum absolute atomic E-state index is 11.6. The van der Waals surface area contributed by atoms with Gasteiger partial charge in [-0.15, -0.1) is 6.58 Å². The van der Waals surface area contributed by atoms with Crippen LogP contribution < -0.4 is 5.32 Å². The number of urea groups is 1. The van der Waals surface area contributed by atoms with Gasteiger partial charge in [-0.2, -0.15) is 0 Å². The Morgan fingerprint density at radius 3 is 2.41 bits per heavy atom. The summed E-state index contributed by atoms with van der Waals surface area (Å²) in [6.45, 7) is 3.19. The van der Waals surface area contributed by atoms with Crippen molar-refractivity contribution in [2.75, 3.05) is 26.3 Å². The van der Waals surface area contributed by atoms with E-state index in [1.807, 2.05) is 0 Å². The molecule has 0 aliphatic heterocycles. The quantitative estimate of drug-likeness (QED) is 0.411. The molecular formula is C10H18N2O5. The summed E-state index contributed by atoms with van der Waals surface area (Å²) >= 11 is 0. The van der Waals surface area contributed by atoms with Crippen molar-refractivity contribution in [1.82, 2.24) is 10.2 Å². The molecule has 7 heteroatoms. The number of amides is 2. The van der Waals surface area contributed by atoms with E-state index in [4.69, 9.17) is 15.3 Å². The summed E-state index contributed by atoms with van der Waals surface area (Å²) in [6, 6.07) is -1.75. The molecule has 0 aromatic carbocycles. The average Bonchev–Trinajstić information content (AvgIpc) is 2.28. The second kappa shape index (κ2) is 8.54. The van der Waals surface area contributed by atoms with Crippen molar-refractivity contribution in [3.8, 4) is 0 Å². The van der Waals surface area contributed by atoms with E-state index in [-0.39, 0.29) is 32.7 Å². The Kier molecular flexibility index (Phi) is 7.74. The van der Waals surface area contributed by atoms with E-state index in [2.05, 4.69) is 11.9 Å². The van der Waals surface area contributed by atoms with Crippen LogP contribution in [-0.2, 0) is 4.79 Å². The van der Waals surface area contributed by atoms with Crippen LogP contribution in [0.15, 0.2) is 12.7 Å². The fourth-order valence-electron chi connectivity index (χ4n) is 1.18. The van der Waals surface area contributed by atoms with Crippen LogP contribution in [0.1, 0.15) is 6.42 Å². The fourth-order valence-corrected chi connectivity index (χ4v) is 1.18. The van der Waals surface area contributed by atoms with Gasteiger partial charge in [0.25, 0.3) is 0 Å². The molecule has 0 saturated heterocycles. The van der Waals surface area contributed by atoms with Gasteiger partial charge in [0.15, 0.2) is 0 Å². The van der Waals surface area contributed by atoms with Crippen LogP contribution in [0.3, 0.4) is 0 Å². The molecule has 0 fully saturated rings. The van der Waals surface area contributed by atoms with Gasteiger partial charge in [-0.1, -0.05) is 6.08 Å². The van der Waals surface area contributed by atoms with Crippen LogP contribution in [0.4, 0.5) is 4.79 Å². The molecule has 0 aliphatic rings. The van der Waals surface area contributed by atoms with Crippen molar-refractivity contribution in [3.63, 3.8) is 0 Å². The number of rotatable bonds is 8. The van der Waals surface area contributed by atoms with E-state index in [1.54, 1.807) is 0 Å². The minimum atomic E-state index is -1.21. The number of aliphatic carboxylic acids is 1. The van der Waals surface area contributed by atoms with Gasteiger partial charge in [0, 0.05) is 26.1 Å². The van der Waals surface area contributed by atoms with Gasteiger partial charge in [0.1, 0.15) is 6.04 Å². The molecule has 0 aliphatic carbocycles. The van der Waals surface area contributed by atoms with Crippen LogP contribution >= 0.6 is 0 Å². The summed E-state index contributed by atoms with van der Waals surface area (Å²) in [7, 11) is 0. The first-order valence-electron chi connectivity index (χ1n) is 5.17.